The molecule has 3 rings (SSSR count). The molecule has 3 N–H and O–H groups in total. The Morgan fingerprint density at radius 3 is 3.11 bits per heavy atom. The zero-order valence-electron chi connectivity index (χ0n) is 9.97. The van der Waals surface area contributed by atoms with Gasteiger partial charge in [-0.15, -0.1) is 0 Å². The number of amides is 1. The standard InChI is InChI=1S/C12H15N5O/c13-11(18)8-7-16-17-10(4-6-15-12(8)17)9-3-1-2-5-14-9/h4,6-7,9,14H,1-3,5H2,(H2,13,18). The largest absolute Gasteiger partial charge is 0.365 e. The van der Waals surface area contributed by atoms with Crippen molar-refractivity contribution in [1.29, 1.82) is 0 Å². The number of aromatic nitrogens is 3. The summed E-state index contributed by atoms with van der Waals surface area (Å²) in [5.74, 6) is -0.494. The predicted octanol–water partition coefficient (Wildman–Crippen LogP) is 0.643. The van der Waals surface area contributed by atoms with Crippen molar-refractivity contribution in [1.82, 2.24) is 19.9 Å². The van der Waals surface area contributed by atoms with Crippen molar-refractivity contribution in [3.05, 3.63) is 29.7 Å². The minimum atomic E-state index is -0.494. The van der Waals surface area contributed by atoms with Crippen LogP contribution < -0.4 is 11.1 Å². The second kappa shape index (κ2) is 4.38. The van der Waals surface area contributed by atoms with E-state index in [-0.39, 0.29) is 6.04 Å². The van der Waals surface area contributed by atoms with E-state index >= 15 is 0 Å². The normalized spacial score (nSPS) is 20.1. The highest BCUT2D eigenvalue weighted by atomic mass is 16.1. The molecule has 0 aromatic carbocycles. The number of rotatable bonds is 2. The van der Waals surface area contributed by atoms with Crippen LogP contribution in [0.25, 0.3) is 5.65 Å². The van der Waals surface area contributed by atoms with Crippen LogP contribution in [-0.4, -0.2) is 27.0 Å². The van der Waals surface area contributed by atoms with Crippen molar-refractivity contribution in [3.8, 4) is 0 Å². The topological polar surface area (TPSA) is 85.3 Å². The summed E-state index contributed by atoms with van der Waals surface area (Å²) in [6, 6.07) is 2.21. The minimum absolute atomic E-state index is 0.268. The van der Waals surface area contributed by atoms with E-state index < -0.39 is 5.91 Å². The molecular weight excluding hydrogens is 230 g/mol. The molecule has 0 aliphatic carbocycles. The number of hydrogen-bond donors (Lipinski definition) is 2. The van der Waals surface area contributed by atoms with Gasteiger partial charge in [0.2, 0.25) is 0 Å². The van der Waals surface area contributed by atoms with E-state index in [1.807, 2.05) is 6.07 Å². The van der Waals surface area contributed by atoms with E-state index in [4.69, 9.17) is 5.73 Å². The Morgan fingerprint density at radius 2 is 2.39 bits per heavy atom. The Morgan fingerprint density at radius 1 is 1.50 bits per heavy atom. The fourth-order valence-electron chi connectivity index (χ4n) is 2.45. The number of nitrogens with one attached hydrogen (secondary N) is 1. The van der Waals surface area contributed by atoms with Crippen LogP contribution in [0, 0.1) is 0 Å². The van der Waals surface area contributed by atoms with Crippen molar-refractivity contribution in [2.45, 2.75) is 25.3 Å². The zero-order valence-corrected chi connectivity index (χ0v) is 9.97. The highest BCUT2D eigenvalue weighted by Gasteiger charge is 2.20. The van der Waals surface area contributed by atoms with Gasteiger partial charge in [0.25, 0.3) is 5.91 Å². The maximum atomic E-state index is 11.3. The lowest BCUT2D eigenvalue weighted by Gasteiger charge is -2.23. The molecular formula is C12H15N5O. The van der Waals surface area contributed by atoms with Crippen molar-refractivity contribution in [3.63, 3.8) is 0 Å². The maximum Gasteiger partial charge on any atom is 0.254 e. The summed E-state index contributed by atoms with van der Waals surface area (Å²) in [7, 11) is 0. The van der Waals surface area contributed by atoms with Gasteiger partial charge in [-0.3, -0.25) is 4.79 Å². The molecule has 3 heterocycles. The maximum absolute atomic E-state index is 11.3. The molecule has 1 unspecified atom stereocenters. The van der Waals surface area contributed by atoms with Gasteiger partial charge in [0.1, 0.15) is 5.56 Å². The smallest absolute Gasteiger partial charge is 0.254 e. The highest BCUT2D eigenvalue weighted by molar-refractivity contribution is 5.98. The van der Waals surface area contributed by atoms with Crippen LogP contribution >= 0.6 is 0 Å². The second-order valence-corrected chi connectivity index (χ2v) is 4.53. The number of piperidine rings is 1. The predicted molar refractivity (Wildman–Crippen MR) is 66.1 cm³/mol. The van der Waals surface area contributed by atoms with Crippen LogP contribution in [0.4, 0.5) is 0 Å². The average Bonchev–Trinajstić information content (AvgIpc) is 2.83. The van der Waals surface area contributed by atoms with E-state index in [1.165, 1.54) is 19.0 Å². The summed E-state index contributed by atoms with van der Waals surface area (Å²) in [5, 5.41) is 7.69. The fraction of sp³-hybridized carbons (Fsp3) is 0.417. The van der Waals surface area contributed by atoms with Gasteiger partial charge in [-0.05, 0) is 25.5 Å². The first kappa shape index (κ1) is 11.2. The molecule has 2 aromatic heterocycles. The molecule has 0 bridgehead atoms. The van der Waals surface area contributed by atoms with Crippen LogP contribution in [-0.2, 0) is 0 Å². The number of carbonyl (C=O) groups excluding carboxylic acids is 1. The molecule has 1 aliphatic rings. The van der Waals surface area contributed by atoms with Crippen LogP contribution in [0.3, 0.4) is 0 Å². The number of hydrogen-bond acceptors (Lipinski definition) is 4. The average molecular weight is 245 g/mol. The zero-order chi connectivity index (χ0) is 12.5. The molecule has 1 fully saturated rings. The third-order valence-corrected chi connectivity index (χ3v) is 3.36. The second-order valence-electron chi connectivity index (χ2n) is 4.53. The summed E-state index contributed by atoms with van der Waals surface area (Å²) in [5.41, 5.74) is 7.24. The van der Waals surface area contributed by atoms with Crippen LogP contribution in [0.15, 0.2) is 18.5 Å². The lowest BCUT2D eigenvalue weighted by Crippen LogP contribution is -2.28. The van der Waals surface area contributed by atoms with E-state index in [2.05, 4.69) is 15.4 Å². The molecule has 0 radical (unpaired) electrons. The van der Waals surface area contributed by atoms with Crippen LogP contribution in [0.5, 0.6) is 0 Å². The first-order chi connectivity index (χ1) is 8.77. The molecule has 0 saturated carbocycles. The quantitative estimate of drug-likeness (QED) is 0.813. The Balaban J connectivity index is 2.09. The third kappa shape index (κ3) is 1.74. The van der Waals surface area contributed by atoms with Gasteiger partial charge in [-0.2, -0.15) is 5.10 Å². The molecule has 1 aliphatic heterocycles. The summed E-state index contributed by atoms with van der Waals surface area (Å²) >= 11 is 0. The summed E-state index contributed by atoms with van der Waals surface area (Å²) in [6.45, 7) is 1.01. The number of primary amides is 1. The first-order valence-electron chi connectivity index (χ1n) is 6.13. The van der Waals surface area contributed by atoms with Crippen molar-refractivity contribution in [2.75, 3.05) is 6.54 Å². The molecule has 1 atom stereocenters. The monoisotopic (exact) mass is 245 g/mol. The van der Waals surface area contributed by atoms with Crippen LogP contribution in [0.1, 0.15) is 41.4 Å². The van der Waals surface area contributed by atoms with Crippen molar-refractivity contribution in [2.24, 2.45) is 5.73 Å². The fourth-order valence-corrected chi connectivity index (χ4v) is 2.45. The Hall–Kier alpha value is -1.95. The molecule has 1 amide bonds. The van der Waals surface area contributed by atoms with Crippen molar-refractivity contribution < 1.29 is 4.79 Å². The molecule has 6 nitrogen and oxygen atoms in total. The van der Waals surface area contributed by atoms with Gasteiger partial charge in [-0.25, -0.2) is 9.50 Å². The van der Waals surface area contributed by atoms with Crippen LogP contribution in [0.2, 0.25) is 0 Å². The first-order valence-corrected chi connectivity index (χ1v) is 6.13. The highest BCUT2D eigenvalue weighted by Crippen LogP contribution is 2.23. The van der Waals surface area contributed by atoms with Gasteiger partial charge in [0.05, 0.1) is 11.9 Å². The molecule has 94 valence electrons. The molecule has 0 spiro atoms. The molecule has 2 aromatic rings. The minimum Gasteiger partial charge on any atom is -0.365 e. The number of nitrogens with zero attached hydrogens (tertiary/aromatic N) is 3. The number of carbonyl (C=O) groups is 1. The summed E-state index contributed by atoms with van der Waals surface area (Å²) < 4.78 is 1.71. The molecule has 18 heavy (non-hydrogen) atoms. The lowest BCUT2D eigenvalue weighted by atomic mass is 10.0. The Labute approximate surface area is 104 Å². The van der Waals surface area contributed by atoms with Gasteiger partial charge < -0.3 is 11.1 Å². The van der Waals surface area contributed by atoms with Gasteiger partial charge >= 0.3 is 0 Å². The Kier molecular flexibility index (Phi) is 2.71. The van der Waals surface area contributed by atoms with E-state index in [0.717, 1.165) is 18.7 Å². The van der Waals surface area contributed by atoms with Gasteiger partial charge in [0.15, 0.2) is 5.65 Å². The van der Waals surface area contributed by atoms with Crippen molar-refractivity contribution >= 4 is 11.6 Å². The summed E-state index contributed by atoms with van der Waals surface area (Å²) in [6.07, 6.45) is 6.67. The molecule has 6 heteroatoms. The SMILES string of the molecule is NC(=O)c1cnn2c(C3CCCCN3)ccnc12. The van der Waals surface area contributed by atoms with E-state index in [9.17, 15) is 4.79 Å². The number of fused-ring (bicyclic) bond motifs is 1. The summed E-state index contributed by atoms with van der Waals surface area (Å²) in [4.78, 5) is 15.5. The van der Waals surface area contributed by atoms with Gasteiger partial charge in [-0.1, -0.05) is 6.42 Å². The molecule has 1 saturated heterocycles. The van der Waals surface area contributed by atoms with Gasteiger partial charge in [0, 0.05) is 12.2 Å². The van der Waals surface area contributed by atoms with E-state index in [1.54, 1.807) is 10.7 Å². The van der Waals surface area contributed by atoms with E-state index in [0.29, 0.717) is 11.2 Å². The Bertz CT molecular complexity index is 585. The third-order valence-electron chi connectivity index (χ3n) is 3.36. The lowest BCUT2D eigenvalue weighted by molar-refractivity contribution is 0.100. The number of nitrogens with two attached hydrogens (primary N) is 1.